The van der Waals surface area contributed by atoms with Crippen molar-refractivity contribution in [2.75, 3.05) is 11.4 Å². The van der Waals surface area contributed by atoms with Crippen molar-refractivity contribution in [2.24, 2.45) is 7.05 Å². The van der Waals surface area contributed by atoms with Crippen LogP contribution in [0.2, 0.25) is 0 Å². The van der Waals surface area contributed by atoms with Crippen LogP contribution >= 0.6 is 0 Å². The zero-order chi connectivity index (χ0) is 16.8. The van der Waals surface area contributed by atoms with Gasteiger partial charge < -0.3 is 15.3 Å². The number of carbonyl (C=O) groups excluding carboxylic acids is 2. The highest BCUT2D eigenvalue weighted by Crippen LogP contribution is 2.44. The fourth-order valence-electron chi connectivity index (χ4n) is 2.90. The van der Waals surface area contributed by atoms with Gasteiger partial charge in [-0.05, 0) is 25.7 Å². The zero-order valence-electron chi connectivity index (χ0n) is 12.6. The van der Waals surface area contributed by atoms with Crippen LogP contribution in [-0.2, 0) is 16.6 Å². The van der Waals surface area contributed by atoms with Crippen LogP contribution in [0.25, 0.3) is 0 Å². The third-order valence-corrected chi connectivity index (χ3v) is 4.56. The Morgan fingerprint density at radius 2 is 2.22 bits per heavy atom. The Bertz CT molecular complexity index is 642. The molecule has 2 aliphatic rings. The second-order valence-electron chi connectivity index (χ2n) is 6.14. The first-order valence-electron chi connectivity index (χ1n) is 7.46. The summed E-state index contributed by atoms with van der Waals surface area (Å²) < 4.78 is 29.6. The van der Waals surface area contributed by atoms with Crippen molar-refractivity contribution >= 4 is 17.5 Å². The Kier molecular flexibility index (Phi) is 3.62. The van der Waals surface area contributed by atoms with E-state index in [2.05, 4.69) is 10.4 Å². The van der Waals surface area contributed by atoms with E-state index in [0.29, 0.717) is 18.7 Å². The minimum atomic E-state index is -3.90. The first-order chi connectivity index (χ1) is 10.7. The second kappa shape index (κ2) is 5.26. The van der Waals surface area contributed by atoms with Crippen LogP contribution in [0.15, 0.2) is 12.4 Å². The van der Waals surface area contributed by atoms with Crippen molar-refractivity contribution < 1.29 is 23.5 Å². The van der Waals surface area contributed by atoms with Gasteiger partial charge in [-0.3, -0.25) is 14.3 Å². The molecule has 3 rings (SSSR count). The number of hydrogen-bond acceptors (Lipinski definition) is 4. The van der Waals surface area contributed by atoms with Gasteiger partial charge in [0.25, 0.3) is 5.91 Å². The van der Waals surface area contributed by atoms with Crippen LogP contribution in [0.3, 0.4) is 0 Å². The van der Waals surface area contributed by atoms with Crippen LogP contribution in [0, 0.1) is 0 Å². The highest BCUT2D eigenvalue weighted by atomic mass is 19.3. The number of nitrogens with zero attached hydrogens (tertiary/aromatic N) is 3. The highest BCUT2D eigenvalue weighted by Gasteiger charge is 2.61. The zero-order valence-corrected chi connectivity index (χ0v) is 12.6. The van der Waals surface area contributed by atoms with Gasteiger partial charge in [0.1, 0.15) is 11.6 Å². The number of hydrogen-bond donors (Lipinski definition) is 2. The number of aliphatic hydroxyl groups is 1. The van der Waals surface area contributed by atoms with E-state index in [4.69, 9.17) is 0 Å². The van der Waals surface area contributed by atoms with E-state index in [1.165, 1.54) is 15.8 Å². The van der Waals surface area contributed by atoms with Gasteiger partial charge >= 0.3 is 5.92 Å². The quantitative estimate of drug-likeness (QED) is 0.826. The predicted octanol–water partition coefficient (Wildman–Crippen LogP) is 0.192. The topological polar surface area (TPSA) is 87.5 Å². The lowest BCUT2D eigenvalue weighted by molar-refractivity contribution is -0.216. The largest absolute Gasteiger partial charge is 0.383 e. The van der Waals surface area contributed by atoms with E-state index in [1.54, 1.807) is 13.2 Å². The van der Waals surface area contributed by atoms with Crippen molar-refractivity contribution in [3.8, 4) is 0 Å². The maximum atomic E-state index is 14.1. The minimum Gasteiger partial charge on any atom is -0.383 e. The molecule has 2 N–H and O–H groups in total. The molecule has 2 amide bonds. The predicted molar refractivity (Wildman–Crippen MR) is 75.9 cm³/mol. The smallest absolute Gasteiger partial charge is 0.352 e. The van der Waals surface area contributed by atoms with E-state index in [1.807, 2.05) is 0 Å². The summed E-state index contributed by atoms with van der Waals surface area (Å²) in [6.45, 7) is 0.311. The Labute approximate surface area is 131 Å². The minimum absolute atomic E-state index is 0.117. The van der Waals surface area contributed by atoms with Crippen molar-refractivity contribution in [2.45, 2.75) is 43.2 Å². The molecule has 0 radical (unpaired) electrons. The van der Waals surface area contributed by atoms with E-state index in [9.17, 15) is 23.5 Å². The summed E-state index contributed by atoms with van der Waals surface area (Å²) in [5, 5.41) is 15.8. The van der Waals surface area contributed by atoms with Gasteiger partial charge in [0.2, 0.25) is 5.91 Å². The number of aromatic nitrogens is 2. The summed E-state index contributed by atoms with van der Waals surface area (Å²) in [6.07, 6.45) is 3.58. The average Bonchev–Trinajstić information content (AvgIpc) is 3.03. The number of rotatable bonds is 4. The fourth-order valence-corrected chi connectivity index (χ4v) is 2.90. The summed E-state index contributed by atoms with van der Waals surface area (Å²) in [7, 11) is 1.70. The summed E-state index contributed by atoms with van der Waals surface area (Å²) in [5.74, 6) is -5.94. The van der Waals surface area contributed by atoms with Crippen LogP contribution in [0.1, 0.15) is 25.7 Å². The van der Waals surface area contributed by atoms with Gasteiger partial charge in [0.15, 0.2) is 0 Å². The van der Waals surface area contributed by atoms with Crippen LogP contribution in [0.4, 0.5) is 14.5 Å². The lowest BCUT2D eigenvalue weighted by Crippen LogP contribution is -2.62. The number of carbonyl (C=O) groups is 2. The molecule has 9 heteroatoms. The van der Waals surface area contributed by atoms with Crippen LogP contribution < -0.4 is 10.2 Å². The fraction of sp³-hybridized carbons (Fsp3) is 0.643. The molecule has 1 atom stereocenters. The third kappa shape index (κ3) is 2.48. The van der Waals surface area contributed by atoms with Crippen molar-refractivity contribution in [3.05, 3.63) is 12.4 Å². The van der Waals surface area contributed by atoms with E-state index >= 15 is 0 Å². The molecule has 1 aliphatic heterocycles. The lowest BCUT2D eigenvalue weighted by Gasteiger charge is -2.41. The van der Waals surface area contributed by atoms with Crippen molar-refractivity contribution in [3.63, 3.8) is 0 Å². The first kappa shape index (κ1) is 15.9. The van der Waals surface area contributed by atoms with Gasteiger partial charge in [-0.1, -0.05) is 0 Å². The van der Waals surface area contributed by atoms with Gasteiger partial charge in [-0.25, -0.2) is 0 Å². The molecule has 7 nitrogen and oxygen atoms in total. The molecule has 1 aliphatic carbocycles. The number of anilines is 1. The van der Waals surface area contributed by atoms with Gasteiger partial charge in [-0.2, -0.15) is 13.9 Å². The summed E-state index contributed by atoms with van der Waals surface area (Å²) in [5.41, 5.74) is -1.74. The molecule has 1 aromatic rings. The Hall–Kier alpha value is -2.03. The molecular formula is C14H18F2N4O3. The molecule has 1 saturated heterocycles. The Morgan fingerprint density at radius 3 is 2.74 bits per heavy atom. The lowest BCUT2D eigenvalue weighted by atomic mass is 9.75. The molecule has 1 unspecified atom stereocenters. The number of amides is 2. The monoisotopic (exact) mass is 328 g/mol. The standard InChI is InChI=1S/C14H18F2N4O3/c1-19-8-9(7-17-19)20-6-3-10(11(20)21)18-12(22)14(15,16)13(23)4-2-5-13/h7-8,10,23H,2-6H2,1H3,(H,18,22). The van der Waals surface area contributed by atoms with Crippen molar-refractivity contribution in [1.82, 2.24) is 15.1 Å². The molecule has 1 saturated carbocycles. The molecular weight excluding hydrogens is 310 g/mol. The second-order valence-corrected chi connectivity index (χ2v) is 6.14. The maximum Gasteiger partial charge on any atom is 0.352 e. The van der Waals surface area contributed by atoms with Gasteiger partial charge in [0.05, 0.1) is 11.9 Å². The summed E-state index contributed by atoms with van der Waals surface area (Å²) in [4.78, 5) is 25.5. The van der Waals surface area contributed by atoms with Gasteiger partial charge in [-0.15, -0.1) is 0 Å². The Balaban J connectivity index is 1.67. The summed E-state index contributed by atoms with van der Waals surface area (Å²) in [6, 6.07) is -1.02. The SMILES string of the molecule is Cn1cc(N2CCC(NC(=O)C(F)(F)C3(O)CCC3)C2=O)cn1. The van der Waals surface area contributed by atoms with E-state index in [-0.39, 0.29) is 19.3 Å². The Morgan fingerprint density at radius 1 is 1.52 bits per heavy atom. The summed E-state index contributed by atoms with van der Waals surface area (Å²) >= 11 is 0. The maximum absolute atomic E-state index is 14.1. The number of halogens is 2. The third-order valence-electron chi connectivity index (χ3n) is 4.56. The molecule has 0 spiro atoms. The number of alkyl halides is 2. The van der Waals surface area contributed by atoms with E-state index < -0.39 is 29.4 Å². The molecule has 126 valence electrons. The average molecular weight is 328 g/mol. The molecule has 2 heterocycles. The molecule has 1 aromatic heterocycles. The highest BCUT2D eigenvalue weighted by molar-refractivity contribution is 6.01. The molecule has 2 fully saturated rings. The van der Waals surface area contributed by atoms with Crippen molar-refractivity contribution in [1.29, 1.82) is 0 Å². The number of nitrogens with one attached hydrogen (secondary N) is 1. The van der Waals surface area contributed by atoms with Crippen LogP contribution in [0.5, 0.6) is 0 Å². The van der Waals surface area contributed by atoms with E-state index in [0.717, 1.165) is 0 Å². The normalized spacial score (nSPS) is 23.7. The van der Waals surface area contributed by atoms with Crippen LogP contribution in [-0.4, -0.2) is 50.8 Å². The first-order valence-corrected chi connectivity index (χ1v) is 7.46. The molecule has 0 aromatic carbocycles. The van der Waals surface area contributed by atoms with Gasteiger partial charge in [0, 0.05) is 19.8 Å². The molecule has 0 bridgehead atoms. The number of aryl methyl sites for hydroxylation is 1. The molecule has 23 heavy (non-hydrogen) atoms.